The number of carbonyl (C=O) groups is 3. The molecule has 3 aromatic rings. The highest BCUT2D eigenvalue weighted by Crippen LogP contribution is 2.37. The maximum Gasteiger partial charge on any atom is 0.408 e. The van der Waals surface area contributed by atoms with Crippen molar-refractivity contribution in [2.24, 2.45) is 0 Å². The second-order valence-electron chi connectivity index (χ2n) is 11.0. The molecule has 0 spiro atoms. The quantitative estimate of drug-likeness (QED) is 0.285. The number of benzene rings is 3. The second-order valence-corrected chi connectivity index (χ2v) is 12.0. The van der Waals surface area contributed by atoms with E-state index in [2.05, 4.69) is 10.6 Å². The summed E-state index contributed by atoms with van der Waals surface area (Å²) in [4.78, 5) is 42.4. The average Bonchev–Trinajstić information content (AvgIpc) is 3.74. The van der Waals surface area contributed by atoms with Crippen LogP contribution < -0.4 is 10.6 Å². The van der Waals surface area contributed by atoms with Crippen LogP contribution in [-0.4, -0.2) is 57.6 Å². The number of hydrogen-bond donors (Lipinski definition) is 3. The van der Waals surface area contributed by atoms with Gasteiger partial charge in [-0.15, -0.1) is 0 Å². The highest BCUT2D eigenvalue weighted by atomic mass is 32.2. The van der Waals surface area contributed by atoms with Gasteiger partial charge < -0.3 is 25.4 Å². The first-order valence-electron chi connectivity index (χ1n) is 13.4. The van der Waals surface area contributed by atoms with Gasteiger partial charge in [0.05, 0.1) is 0 Å². The zero-order valence-corrected chi connectivity index (χ0v) is 24.2. The van der Waals surface area contributed by atoms with Crippen LogP contribution in [0.1, 0.15) is 51.6 Å². The molecule has 4 rings (SSSR count). The van der Waals surface area contributed by atoms with E-state index in [1.54, 1.807) is 49.6 Å². The molecule has 0 bridgehead atoms. The van der Waals surface area contributed by atoms with Crippen molar-refractivity contribution in [2.45, 2.75) is 63.8 Å². The molecule has 3 amide bonds. The molecule has 40 heavy (non-hydrogen) atoms. The van der Waals surface area contributed by atoms with E-state index in [1.807, 2.05) is 48.7 Å². The number of carbonyl (C=O) groups excluding carboxylic acids is 3. The first-order chi connectivity index (χ1) is 19.1. The Balaban J connectivity index is 1.67. The number of fused-ring (bicyclic) bond motifs is 1. The maximum absolute atomic E-state index is 14.2. The first kappa shape index (κ1) is 29.3. The van der Waals surface area contributed by atoms with Crippen molar-refractivity contribution in [1.82, 2.24) is 10.2 Å². The summed E-state index contributed by atoms with van der Waals surface area (Å²) < 4.78 is 5.44. The lowest BCUT2D eigenvalue weighted by Crippen LogP contribution is -2.53. The van der Waals surface area contributed by atoms with Gasteiger partial charge in [0.15, 0.2) is 0 Å². The summed E-state index contributed by atoms with van der Waals surface area (Å²) in [5.74, 6) is -0.0138. The largest absolute Gasteiger partial charge is 0.508 e. The van der Waals surface area contributed by atoms with Gasteiger partial charge in [0.2, 0.25) is 5.91 Å². The third-order valence-electron chi connectivity index (χ3n) is 6.55. The molecule has 0 saturated heterocycles. The SMILES string of the molecule is CSCCC(NC(=O)OC(C)(C)C)C(=O)N(C1CC1)C(C(=O)Nc1ccc2ccccc2c1)c1ccc(O)cc1. The molecule has 1 aliphatic carbocycles. The number of phenolic OH excluding ortho intramolecular Hbond substituents is 1. The monoisotopic (exact) mass is 563 g/mol. The number of nitrogens with zero attached hydrogens (tertiary/aromatic N) is 1. The van der Waals surface area contributed by atoms with Gasteiger partial charge in [0.1, 0.15) is 23.4 Å². The van der Waals surface area contributed by atoms with Crippen LogP contribution in [0.4, 0.5) is 10.5 Å². The molecule has 3 N–H and O–H groups in total. The summed E-state index contributed by atoms with van der Waals surface area (Å²) in [6.45, 7) is 5.29. The third-order valence-corrected chi connectivity index (χ3v) is 7.19. The predicted molar refractivity (Wildman–Crippen MR) is 159 cm³/mol. The number of rotatable bonds is 10. The summed E-state index contributed by atoms with van der Waals surface area (Å²) in [7, 11) is 0. The Hall–Kier alpha value is -3.72. The van der Waals surface area contributed by atoms with Gasteiger partial charge in [0.25, 0.3) is 5.91 Å². The Morgan fingerprint density at radius 1 is 1.02 bits per heavy atom. The normalized spacial score (nSPS) is 14.7. The van der Waals surface area contributed by atoms with Gasteiger partial charge in [-0.2, -0.15) is 11.8 Å². The molecule has 3 aromatic carbocycles. The van der Waals surface area contributed by atoms with Crippen LogP contribution in [0.25, 0.3) is 10.8 Å². The van der Waals surface area contributed by atoms with Crippen LogP contribution in [-0.2, 0) is 14.3 Å². The molecule has 1 saturated carbocycles. The Morgan fingerprint density at radius 3 is 2.33 bits per heavy atom. The minimum absolute atomic E-state index is 0.0613. The molecule has 0 heterocycles. The van der Waals surface area contributed by atoms with Crippen LogP contribution in [0.15, 0.2) is 66.7 Å². The third kappa shape index (κ3) is 7.69. The number of nitrogens with one attached hydrogen (secondary N) is 2. The Labute approximate surface area is 239 Å². The first-order valence-corrected chi connectivity index (χ1v) is 14.8. The van der Waals surface area contributed by atoms with E-state index in [9.17, 15) is 19.5 Å². The Bertz CT molecular complexity index is 1350. The molecular formula is C31H37N3O5S. The van der Waals surface area contributed by atoms with E-state index >= 15 is 0 Å². The van der Waals surface area contributed by atoms with Crippen LogP contribution >= 0.6 is 11.8 Å². The summed E-state index contributed by atoms with van der Waals surface area (Å²) in [6, 6.07) is 17.9. The highest BCUT2D eigenvalue weighted by molar-refractivity contribution is 7.98. The summed E-state index contributed by atoms with van der Waals surface area (Å²) in [6.07, 6.45) is 3.15. The number of ether oxygens (including phenoxy) is 1. The van der Waals surface area contributed by atoms with Gasteiger partial charge in [0, 0.05) is 11.7 Å². The topological polar surface area (TPSA) is 108 Å². The molecule has 1 aliphatic rings. The molecule has 9 heteroatoms. The predicted octanol–water partition coefficient (Wildman–Crippen LogP) is 5.86. The average molecular weight is 564 g/mol. The lowest BCUT2D eigenvalue weighted by Gasteiger charge is -2.34. The van der Waals surface area contributed by atoms with Gasteiger partial charge >= 0.3 is 6.09 Å². The fraction of sp³-hybridized carbons (Fsp3) is 0.387. The van der Waals surface area contributed by atoms with Gasteiger partial charge in [-0.3, -0.25) is 9.59 Å². The minimum Gasteiger partial charge on any atom is -0.508 e. The van der Waals surface area contributed by atoms with Crippen LogP contribution in [0.2, 0.25) is 0 Å². The lowest BCUT2D eigenvalue weighted by atomic mass is 10.0. The van der Waals surface area contributed by atoms with E-state index < -0.39 is 23.8 Å². The summed E-state index contributed by atoms with van der Waals surface area (Å²) in [5, 5.41) is 17.7. The molecule has 2 atom stereocenters. The highest BCUT2D eigenvalue weighted by Gasteiger charge is 2.44. The zero-order valence-electron chi connectivity index (χ0n) is 23.3. The number of phenols is 1. The molecule has 8 nitrogen and oxygen atoms in total. The molecule has 2 unspecified atom stereocenters. The van der Waals surface area contributed by atoms with Gasteiger partial charge in [-0.25, -0.2) is 4.79 Å². The number of amides is 3. The van der Waals surface area contributed by atoms with Gasteiger partial charge in [-0.05, 0) is 92.6 Å². The Kier molecular flexibility index (Phi) is 9.25. The minimum atomic E-state index is -0.968. The molecule has 1 fully saturated rings. The van der Waals surface area contributed by atoms with E-state index in [4.69, 9.17) is 4.74 Å². The maximum atomic E-state index is 14.2. The van der Waals surface area contributed by atoms with Crippen molar-refractivity contribution in [3.05, 3.63) is 72.3 Å². The lowest BCUT2D eigenvalue weighted by molar-refractivity contribution is -0.141. The number of thioether (sulfide) groups is 1. The molecular weight excluding hydrogens is 526 g/mol. The van der Waals surface area contributed by atoms with Crippen molar-refractivity contribution < 1.29 is 24.2 Å². The second kappa shape index (κ2) is 12.6. The van der Waals surface area contributed by atoms with Crippen molar-refractivity contribution in [2.75, 3.05) is 17.3 Å². The van der Waals surface area contributed by atoms with E-state index in [-0.39, 0.29) is 23.6 Å². The molecule has 0 aromatic heterocycles. The molecule has 212 valence electrons. The smallest absolute Gasteiger partial charge is 0.408 e. The van der Waals surface area contributed by atoms with E-state index in [0.717, 1.165) is 23.6 Å². The van der Waals surface area contributed by atoms with E-state index in [0.29, 0.717) is 23.4 Å². The number of anilines is 1. The van der Waals surface area contributed by atoms with Crippen LogP contribution in [0, 0.1) is 0 Å². The van der Waals surface area contributed by atoms with E-state index in [1.165, 1.54) is 12.1 Å². The standard InChI is InChI=1S/C31H37N3O5S/c1-31(2,3)39-30(38)33-26(17-18-40-4)29(37)34(24-13-14-24)27(21-10-15-25(35)16-11-21)28(36)32-23-12-9-20-7-5-6-8-22(20)19-23/h5-12,15-16,19,24,26-27,35H,13-14,17-18H2,1-4H3,(H,32,36)(H,33,38). The molecule has 0 radical (unpaired) electrons. The number of hydrogen-bond acceptors (Lipinski definition) is 6. The van der Waals surface area contributed by atoms with Crippen molar-refractivity contribution >= 4 is 46.1 Å². The fourth-order valence-electron chi connectivity index (χ4n) is 4.57. The number of alkyl carbamates (subject to hydrolysis) is 1. The molecule has 0 aliphatic heterocycles. The number of aromatic hydroxyl groups is 1. The van der Waals surface area contributed by atoms with Crippen LogP contribution in [0.5, 0.6) is 5.75 Å². The van der Waals surface area contributed by atoms with Crippen LogP contribution in [0.3, 0.4) is 0 Å². The van der Waals surface area contributed by atoms with Gasteiger partial charge in [-0.1, -0.05) is 42.5 Å². The zero-order chi connectivity index (χ0) is 28.9. The fourth-order valence-corrected chi connectivity index (χ4v) is 5.04. The summed E-state index contributed by atoms with van der Waals surface area (Å²) >= 11 is 1.57. The Morgan fingerprint density at radius 2 is 1.70 bits per heavy atom. The summed E-state index contributed by atoms with van der Waals surface area (Å²) in [5.41, 5.74) is 0.459. The van der Waals surface area contributed by atoms with Crippen molar-refractivity contribution in [3.8, 4) is 5.75 Å². The van der Waals surface area contributed by atoms with Crippen molar-refractivity contribution in [3.63, 3.8) is 0 Å². The van der Waals surface area contributed by atoms with Crippen molar-refractivity contribution in [1.29, 1.82) is 0 Å².